The first-order valence-corrected chi connectivity index (χ1v) is 5.07. The van der Waals surface area contributed by atoms with Crippen LogP contribution in [0.3, 0.4) is 0 Å². The van der Waals surface area contributed by atoms with E-state index in [1.54, 1.807) is 11.3 Å². The minimum absolute atomic E-state index is 0.213. The van der Waals surface area contributed by atoms with Crippen molar-refractivity contribution < 1.29 is 0 Å². The Bertz CT molecular complexity index is 240. The fraction of sp³-hybridized carbons (Fsp3) is 0.500. The lowest BCUT2D eigenvalue weighted by Crippen LogP contribution is -2.07. The molecule has 0 fully saturated rings. The third-order valence-electron chi connectivity index (χ3n) is 1.45. The lowest BCUT2D eigenvalue weighted by Gasteiger charge is -2.14. The van der Waals surface area contributed by atoms with Crippen LogP contribution in [-0.4, -0.2) is 0 Å². The van der Waals surface area contributed by atoms with Gasteiger partial charge < -0.3 is 5.73 Å². The fourth-order valence-corrected chi connectivity index (χ4v) is 2.25. The van der Waals surface area contributed by atoms with Crippen molar-refractivity contribution in [1.29, 1.82) is 0 Å². The quantitative estimate of drug-likeness (QED) is 0.731. The van der Waals surface area contributed by atoms with Crippen LogP contribution >= 0.6 is 27.3 Å². The van der Waals surface area contributed by atoms with Crippen molar-refractivity contribution in [3.63, 3.8) is 0 Å². The first-order chi connectivity index (χ1) is 4.91. The van der Waals surface area contributed by atoms with E-state index in [1.165, 1.54) is 4.88 Å². The van der Waals surface area contributed by atoms with Crippen molar-refractivity contribution in [3.05, 3.63) is 14.7 Å². The maximum absolute atomic E-state index is 5.70. The molecule has 0 atom stereocenters. The van der Waals surface area contributed by atoms with Crippen molar-refractivity contribution in [2.45, 2.75) is 26.2 Å². The van der Waals surface area contributed by atoms with E-state index < -0.39 is 0 Å². The number of anilines is 1. The Labute approximate surface area is 79.7 Å². The van der Waals surface area contributed by atoms with Crippen molar-refractivity contribution in [2.75, 3.05) is 5.73 Å². The van der Waals surface area contributed by atoms with E-state index in [0.29, 0.717) is 0 Å². The predicted molar refractivity (Wildman–Crippen MR) is 55.1 cm³/mol. The standard InChI is InChI=1S/C8H12BrNS/c1-8(2,3)6-4-5(10)7(9)11-6/h4H,10H2,1-3H3. The lowest BCUT2D eigenvalue weighted by atomic mass is 9.95. The molecule has 0 unspecified atom stereocenters. The first kappa shape index (κ1) is 9.07. The van der Waals surface area contributed by atoms with Gasteiger partial charge in [-0.3, -0.25) is 0 Å². The van der Waals surface area contributed by atoms with Crippen molar-refractivity contribution in [1.82, 2.24) is 0 Å². The zero-order valence-corrected chi connectivity index (χ0v) is 9.34. The maximum Gasteiger partial charge on any atom is 0.0930 e. The van der Waals surface area contributed by atoms with E-state index in [1.807, 2.05) is 6.07 Å². The summed E-state index contributed by atoms with van der Waals surface area (Å²) in [6.07, 6.45) is 0. The number of halogens is 1. The molecular weight excluding hydrogens is 222 g/mol. The van der Waals surface area contributed by atoms with Gasteiger partial charge in [0.2, 0.25) is 0 Å². The molecule has 0 amide bonds. The molecule has 11 heavy (non-hydrogen) atoms. The summed E-state index contributed by atoms with van der Waals surface area (Å²) >= 11 is 5.11. The fourth-order valence-electron chi connectivity index (χ4n) is 0.753. The van der Waals surface area contributed by atoms with Crippen LogP contribution in [0.25, 0.3) is 0 Å². The number of hydrogen-bond donors (Lipinski definition) is 1. The molecule has 0 spiro atoms. The van der Waals surface area contributed by atoms with E-state index >= 15 is 0 Å². The van der Waals surface area contributed by atoms with Crippen LogP contribution in [0.5, 0.6) is 0 Å². The molecule has 0 radical (unpaired) electrons. The molecule has 62 valence electrons. The zero-order valence-electron chi connectivity index (χ0n) is 6.94. The van der Waals surface area contributed by atoms with E-state index in [-0.39, 0.29) is 5.41 Å². The van der Waals surface area contributed by atoms with Crippen LogP contribution in [0, 0.1) is 0 Å². The summed E-state index contributed by atoms with van der Waals surface area (Å²) in [5, 5.41) is 0. The minimum atomic E-state index is 0.213. The summed E-state index contributed by atoms with van der Waals surface area (Å²) in [6, 6.07) is 2.04. The summed E-state index contributed by atoms with van der Waals surface area (Å²) in [5.41, 5.74) is 6.76. The highest BCUT2D eigenvalue weighted by Crippen LogP contribution is 2.36. The monoisotopic (exact) mass is 233 g/mol. The average Bonchev–Trinajstić information content (AvgIpc) is 2.11. The number of thiophene rings is 1. The first-order valence-electron chi connectivity index (χ1n) is 3.46. The Morgan fingerprint density at radius 2 is 2.00 bits per heavy atom. The number of rotatable bonds is 0. The molecule has 0 bridgehead atoms. The number of hydrogen-bond acceptors (Lipinski definition) is 2. The molecule has 0 saturated carbocycles. The van der Waals surface area contributed by atoms with Crippen molar-refractivity contribution in [2.24, 2.45) is 0 Å². The minimum Gasteiger partial charge on any atom is -0.397 e. The predicted octanol–water partition coefficient (Wildman–Crippen LogP) is 3.39. The summed E-state index contributed by atoms with van der Waals surface area (Å²) in [5.74, 6) is 0. The number of nitrogen functional groups attached to an aromatic ring is 1. The maximum atomic E-state index is 5.70. The highest BCUT2D eigenvalue weighted by atomic mass is 79.9. The molecule has 1 rings (SSSR count). The van der Waals surface area contributed by atoms with Gasteiger partial charge in [0.25, 0.3) is 0 Å². The van der Waals surface area contributed by atoms with Gasteiger partial charge in [-0.15, -0.1) is 11.3 Å². The van der Waals surface area contributed by atoms with E-state index in [0.717, 1.165) is 9.47 Å². The molecule has 1 aromatic rings. The summed E-state index contributed by atoms with van der Waals surface area (Å²) in [4.78, 5) is 1.32. The highest BCUT2D eigenvalue weighted by molar-refractivity contribution is 9.11. The van der Waals surface area contributed by atoms with Crippen LogP contribution in [0.1, 0.15) is 25.6 Å². The zero-order chi connectivity index (χ0) is 8.65. The molecule has 0 saturated heterocycles. The molecule has 0 aliphatic heterocycles. The molecule has 3 heteroatoms. The van der Waals surface area contributed by atoms with Gasteiger partial charge in [0.1, 0.15) is 0 Å². The second kappa shape index (κ2) is 2.79. The van der Waals surface area contributed by atoms with E-state index in [9.17, 15) is 0 Å². The molecule has 2 N–H and O–H groups in total. The second-order valence-corrected chi connectivity index (χ2v) is 5.96. The molecule has 1 heterocycles. The summed E-state index contributed by atoms with van der Waals surface area (Å²) < 4.78 is 1.04. The van der Waals surface area contributed by atoms with Crippen LogP contribution in [0.4, 0.5) is 5.69 Å². The summed E-state index contributed by atoms with van der Waals surface area (Å²) in [6.45, 7) is 6.56. The smallest absolute Gasteiger partial charge is 0.0930 e. The largest absolute Gasteiger partial charge is 0.397 e. The summed E-state index contributed by atoms with van der Waals surface area (Å²) in [7, 11) is 0. The Morgan fingerprint density at radius 1 is 1.45 bits per heavy atom. The van der Waals surface area contributed by atoms with Crippen LogP contribution < -0.4 is 5.73 Å². The number of nitrogens with two attached hydrogens (primary N) is 1. The van der Waals surface area contributed by atoms with Gasteiger partial charge in [-0.05, 0) is 27.4 Å². The molecule has 0 aliphatic rings. The Morgan fingerprint density at radius 3 is 2.18 bits per heavy atom. The Hall–Kier alpha value is -0.0200. The van der Waals surface area contributed by atoms with Crippen molar-refractivity contribution >= 4 is 33.0 Å². The molecular formula is C8H12BrNS. The van der Waals surface area contributed by atoms with Gasteiger partial charge in [-0.2, -0.15) is 0 Å². The Kier molecular flexibility index (Phi) is 2.30. The molecule has 1 aromatic heterocycles. The van der Waals surface area contributed by atoms with Gasteiger partial charge in [0, 0.05) is 4.88 Å². The second-order valence-electron chi connectivity index (χ2n) is 3.59. The highest BCUT2D eigenvalue weighted by Gasteiger charge is 2.17. The van der Waals surface area contributed by atoms with Crippen LogP contribution in [0.2, 0.25) is 0 Å². The lowest BCUT2D eigenvalue weighted by molar-refractivity contribution is 0.604. The van der Waals surface area contributed by atoms with E-state index in [2.05, 4.69) is 36.7 Å². The van der Waals surface area contributed by atoms with Gasteiger partial charge in [-0.1, -0.05) is 20.8 Å². The van der Waals surface area contributed by atoms with Gasteiger partial charge >= 0.3 is 0 Å². The topological polar surface area (TPSA) is 26.0 Å². The molecule has 1 nitrogen and oxygen atoms in total. The van der Waals surface area contributed by atoms with Gasteiger partial charge in [-0.25, -0.2) is 0 Å². The third kappa shape index (κ3) is 1.97. The van der Waals surface area contributed by atoms with Crippen LogP contribution in [-0.2, 0) is 5.41 Å². The molecule has 0 aliphatic carbocycles. The average molecular weight is 234 g/mol. The van der Waals surface area contributed by atoms with Gasteiger partial charge in [0.15, 0.2) is 0 Å². The normalized spacial score (nSPS) is 12.0. The molecule has 0 aromatic carbocycles. The Balaban J connectivity index is 3.08. The van der Waals surface area contributed by atoms with Crippen LogP contribution in [0.15, 0.2) is 9.85 Å². The SMILES string of the molecule is CC(C)(C)c1cc(N)c(Br)s1. The third-order valence-corrected chi connectivity index (χ3v) is 3.76. The van der Waals surface area contributed by atoms with Gasteiger partial charge in [0.05, 0.1) is 9.47 Å². The van der Waals surface area contributed by atoms with Crippen molar-refractivity contribution in [3.8, 4) is 0 Å². The van der Waals surface area contributed by atoms with E-state index in [4.69, 9.17) is 5.73 Å².